The van der Waals surface area contributed by atoms with Crippen LogP contribution in [0, 0.1) is 11.6 Å². The van der Waals surface area contributed by atoms with Crippen molar-refractivity contribution in [3.63, 3.8) is 0 Å². The molecular formula is C20H22F2N4O2. The SMILES string of the molecule is O=C(NC1CCCC1)c1nc(C(=O)Nc2ccc(F)cc2F)n2c1CCCC2. The lowest BCUT2D eigenvalue weighted by Gasteiger charge is -2.17. The zero-order chi connectivity index (χ0) is 19.7. The molecular weight excluding hydrogens is 366 g/mol. The van der Waals surface area contributed by atoms with Crippen LogP contribution in [0.5, 0.6) is 0 Å². The Kier molecular flexibility index (Phi) is 5.11. The summed E-state index contributed by atoms with van der Waals surface area (Å²) in [5.74, 6) is -2.38. The minimum Gasteiger partial charge on any atom is -0.348 e. The summed E-state index contributed by atoms with van der Waals surface area (Å²) in [6.45, 7) is 0.577. The smallest absolute Gasteiger partial charge is 0.291 e. The number of nitrogens with one attached hydrogen (secondary N) is 2. The molecule has 0 unspecified atom stereocenters. The summed E-state index contributed by atoms with van der Waals surface area (Å²) in [6, 6.07) is 3.09. The van der Waals surface area contributed by atoms with E-state index in [0.717, 1.165) is 56.4 Å². The molecule has 148 valence electrons. The predicted molar refractivity (Wildman–Crippen MR) is 99.2 cm³/mol. The van der Waals surface area contributed by atoms with Gasteiger partial charge < -0.3 is 15.2 Å². The van der Waals surface area contributed by atoms with Gasteiger partial charge in [-0.3, -0.25) is 9.59 Å². The molecule has 2 N–H and O–H groups in total. The van der Waals surface area contributed by atoms with Crippen LogP contribution in [0.4, 0.5) is 14.5 Å². The Labute approximate surface area is 161 Å². The first-order chi connectivity index (χ1) is 13.5. The number of imidazole rings is 1. The standard InChI is InChI=1S/C20H22F2N4O2/c21-12-8-9-15(14(22)11-12)24-20(28)18-25-17(16-7-3-4-10-26(16)18)19(27)23-13-5-1-2-6-13/h8-9,11,13H,1-7,10H2,(H,23,27)(H,24,28). The summed E-state index contributed by atoms with van der Waals surface area (Å²) in [4.78, 5) is 29.8. The molecule has 6 nitrogen and oxygen atoms in total. The number of fused-ring (bicyclic) bond motifs is 1. The number of aromatic nitrogens is 2. The van der Waals surface area contributed by atoms with Gasteiger partial charge in [-0.05, 0) is 44.2 Å². The number of benzene rings is 1. The van der Waals surface area contributed by atoms with Gasteiger partial charge in [0, 0.05) is 18.7 Å². The van der Waals surface area contributed by atoms with E-state index in [1.54, 1.807) is 4.57 Å². The van der Waals surface area contributed by atoms with Crippen molar-refractivity contribution >= 4 is 17.5 Å². The molecule has 1 aliphatic heterocycles. The maximum absolute atomic E-state index is 13.9. The minimum absolute atomic E-state index is 0.0787. The molecule has 0 saturated heterocycles. The van der Waals surface area contributed by atoms with E-state index in [1.165, 1.54) is 0 Å². The predicted octanol–water partition coefficient (Wildman–Crippen LogP) is 3.42. The van der Waals surface area contributed by atoms with Gasteiger partial charge in [0.05, 0.1) is 11.4 Å². The van der Waals surface area contributed by atoms with E-state index in [1.807, 2.05) is 0 Å². The summed E-state index contributed by atoms with van der Waals surface area (Å²) >= 11 is 0. The number of nitrogens with zero attached hydrogens (tertiary/aromatic N) is 2. The molecule has 8 heteroatoms. The highest BCUT2D eigenvalue weighted by molar-refractivity contribution is 6.03. The first kappa shape index (κ1) is 18.6. The molecule has 1 fully saturated rings. The summed E-state index contributed by atoms with van der Waals surface area (Å²) in [7, 11) is 0. The summed E-state index contributed by atoms with van der Waals surface area (Å²) < 4.78 is 28.7. The van der Waals surface area contributed by atoms with Crippen LogP contribution in [0.1, 0.15) is 65.3 Å². The van der Waals surface area contributed by atoms with E-state index in [2.05, 4.69) is 15.6 Å². The van der Waals surface area contributed by atoms with Gasteiger partial charge in [0.2, 0.25) is 0 Å². The van der Waals surface area contributed by atoms with Crippen molar-refractivity contribution in [2.75, 3.05) is 5.32 Å². The fourth-order valence-electron chi connectivity index (χ4n) is 3.99. The highest BCUT2D eigenvalue weighted by Gasteiger charge is 2.29. The molecule has 0 atom stereocenters. The number of hydrogen-bond donors (Lipinski definition) is 2. The number of carbonyl (C=O) groups is 2. The topological polar surface area (TPSA) is 76.0 Å². The molecule has 1 aromatic carbocycles. The van der Waals surface area contributed by atoms with Gasteiger partial charge in [-0.1, -0.05) is 12.8 Å². The lowest BCUT2D eigenvalue weighted by molar-refractivity contribution is 0.0931. The van der Waals surface area contributed by atoms with Gasteiger partial charge in [-0.2, -0.15) is 0 Å². The third kappa shape index (κ3) is 3.63. The monoisotopic (exact) mass is 388 g/mol. The van der Waals surface area contributed by atoms with Gasteiger partial charge >= 0.3 is 0 Å². The van der Waals surface area contributed by atoms with Crippen molar-refractivity contribution in [2.45, 2.75) is 57.5 Å². The number of carbonyl (C=O) groups excluding carboxylic acids is 2. The highest BCUT2D eigenvalue weighted by atomic mass is 19.1. The second-order valence-electron chi connectivity index (χ2n) is 7.37. The third-order valence-corrected chi connectivity index (χ3v) is 5.41. The maximum Gasteiger partial charge on any atom is 0.291 e. The average Bonchev–Trinajstić information content (AvgIpc) is 3.31. The maximum atomic E-state index is 13.9. The first-order valence-corrected chi connectivity index (χ1v) is 9.69. The van der Waals surface area contributed by atoms with Gasteiger partial charge in [-0.15, -0.1) is 0 Å². The van der Waals surface area contributed by atoms with Crippen LogP contribution in [0.15, 0.2) is 18.2 Å². The number of rotatable bonds is 4. The molecule has 2 amide bonds. The van der Waals surface area contributed by atoms with Crippen LogP contribution < -0.4 is 10.6 Å². The van der Waals surface area contributed by atoms with E-state index < -0.39 is 17.5 Å². The molecule has 2 heterocycles. The average molecular weight is 388 g/mol. The number of halogens is 2. The van der Waals surface area contributed by atoms with Gasteiger partial charge in [0.25, 0.3) is 11.8 Å². The lowest BCUT2D eigenvalue weighted by atomic mass is 10.1. The minimum atomic E-state index is -0.863. The van der Waals surface area contributed by atoms with Crippen molar-refractivity contribution < 1.29 is 18.4 Å². The Morgan fingerprint density at radius 2 is 1.86 bits per heavy atom. The number of hydrogen-bond acceptors (Lipinski definition) is 3. The van der Waals surface area contributed by atoms with Crippen LogP contribution in [0.25, 0.3) is 0 Å². The van der Waals surface area contributed by atoms with Crippen molar-refractivity contribution in [3.8, 4) is 0 Å². The fraction of sp³-hybridized carbons (Fsp3) is 0.450. The van der Waals surface area contributed by atoms with Crippen molar-refractivity contribution in [1.29, 1.82) is 0 Å². The van der Waals surface area contributed by atoms with Gasteiger partial charge in [-0.25, -0.2) is 13.8 Å². The van der Waals surface area contributed by atoms with Crippen LogP contribution in [0.3, 0.4) is 0 Å². The van der Waals surface area contributed by atoms with Crippen LogP contribution in [-0.2, 0) is 13.0 Å². The number of amides is 2. The van der Waals surface area contributed by atoms with E-state index in [9.17, 15) is 18.4 Å². The van der Waals surface area contributed by atoms with E-state index in [-0.39, 0.29) is 29.2 Å². The van der Waals surface area contributed by atoms with E-state index in [0.29, 0.717) is 19.0 Å². The van der Waals surface area contributed by atoms with Gasteiger partial charge in [0.1, 0.15) is 17.3 Å². The number of anilines is 1. The largest absolute Gasteiger partial charge is 0.348 e. The molecule has 28 heavy (non-hydrogen) atoms. The van der Waals surface area contributed by atoms with Crippen molar-refractivity contribution in [3.05, 3.63) is 47.0 Å². The highest BCUT2D eigenvalue weighted by Crippen LogP contribution is 2.24. The van der Waals surface area contributed by atoms with Gasteiger partial charge in [0.15, 0.2) is 5.82 Å². The van der Waals surface area contributed by atoms with Crippen LogP contribution in [0.2, 0.25) is 0 Å². The molecule has 1 aliphatic carbocycles. The fourth-order valence-corrected chi connectivity index (χ4v) is 3.99. The van der Waals surface area contributed by atoms with Crippen molar-refractivity contribution in [2.24, 2.45) is 0 Å². The third-order valence-electron chi connectivity index (χ3n) is 5.41. The van der Waals surface area contributed by atoms with Crippen molar-refractivity contribution in [1.82, 2.24) is 14.9 Å². The summed E-state index contributed by atoms with van der Waals surface area (Å²) in [5, 5.41) is 5.45. The zero-order valence-electron chi connectivity index (χ0n) is 15.4. The Morgan fingerprint density at radius 1 is 1.07 bits per heavy atom. The lowest BCUT2D eigenvalue weighted by Crippen LogP contribution is -2.33. The Hall–Kier alpha value is -2.77. The summed E-state index contributed by atoms with van der Waals surface area (Å²) in [5.41, 5.74) is 0.888. The Balaban J connectivity index is 1.60. The Bertz CT molecular complexity index is 919. The zero-order valence-corrected chi connectivity index (χ0v) is 15.4. The second-order valence-corrected chi connectivity index (χ2v) is 7.37. The Morgan fingerprint density at radius 3 is 2.61 bits per heavy atom. The summed E-state index contributed by atoms with van der Waals surface area (Å²) in [6.07, 6.45) is 6.57. The molecule has 2 aromatic rings. The normalized spacial score (nSPS) is 16.6. The van der Waals surface area contributed by atoms with E-state index >= 15 is 0 Å². The van der Waals surface area contributed by atoms with E-state index in [4.69, 9.17) is 0 Å². The molecule has 4 rings (SSSR count). The second kappa shape index (κ2) is 7.69. The van der Waals surface area contributed by atoms with Crippen LogP contribution in [-0.4, -0.2) is 27.4 Å². The molecule has 0 bridgehead atoms. The molecule has 0 radical (unpaired) electrons. The first-order valence-electron chi connectivity index (χ1n) is 9.69. The molecule has 0 spiro atoms. The quantitative estimate of drug-likeness (QED) is 0.843. The molecule has 1 saturated carbocycles. The van der Waals surface area contributed by atoms with Crippen LogP contribution >= 0.6 is 0 Å². The molecule has 1 aromatic heterocycles. The molecule has 2 aliphatic rings.